The van der Waals surface area contributed by atoms with Crippen molar-refractivity contribution >= 4 is 11.8 Å². The van der Waals surface area contributed by atoms with E-state index in [1.54, 1.807) is 12.0 Å². The molecule has 1 heterocycles. The molecule has 0 bridgehead atoms. The molecule has 1 saturated heterocycles. The van der Waals surface area contributed by atoms with Crippen LogP contribution in [0.1, 0.15) is 62.6 Å². The van der Waals surface area contributed by atoms with Gasteiger partial charge in [0.05, 0.1) is 13.7 Å². The molecule has 2 aromatic rings. The number of piperazine rings is 1. The number of nitrogens with zero attached hydrogens (tertiary/aromatic N) is 2. The van der Waals surface area contributed by atoms with E-state index in [9.17, 15) is 9.59 Å². The predicted octanol–water partition coefficient (Wildman–Crippen LogP) is 4.77. The number of rotatable bonds is 9. The van der Waals surface area contributed by atoms with Crippen LogP contribution in [0.5, 0.6) is 11.5 Å². The first kappa shape index (κ1) is 24.1. The molecule has 4 rings (SSSR count). The molecule has 2 amide bonds. The van der Waals surface area contributed by atoms with Gasteiger partial charge in [-0.15, -0.1) is 0 Å². The van der Waals surface area contributed by atoms with Crippen LogP contribution in [0.25, 0.3) is 0 Å². The molecule has 1 atom stereocenters. The SMILES string of the molecule is CCCOc1ccc([C@H]2C(=O)N(C3CCCCC3)CC(=O)N2CCc2ccccc2)cc1OC. The summed E-state index contributed by atoms with van der Waals surface area (Å²) >= 11 is 0. The maximum absolute atomic E-state index is 13.9. The van der Waals surface area contributed by atoms with Crippen molar-refractivity contribution < 1.29 is 19.1 Å². The van der Waals surface area contributed by atoms with E-state index in [0.717, 1.165) is 43.2 Å². The molecule has 34 heavy (non-hydrogen) atoms. The third-order valence-electron chi connectivity index (χ3n) is 6.92. The number of carbonyl (C=O) groups excluding carboxylic acids is 2. The third kappa shape index (κ3) is 5.37. The Morgan fingerprint density at radius 2 is 1.74 bits per heavy atom. The summed E-state index contributed by atoms with van der Waals surface area (Å²) in [7, 11) is 1.60. The molecule has 1 saturated carbocycles. The van der Waals surface area contributed by atoms with E-state index in [2.05, 4.69) is 19.1 Å². The van der Waals surface area contributed by atoms with Crippen molar-refractivity contribution in [1.82, 2.24) is 9.80 Å². The maximum atomic E-state index is 13.9. The van der Waals surface area contributed by atoms with Gasteiger partial charge in [0.15, 0.2) is 11.5 Å². The molecule has 6 nitrogen and oxygen atoms in total. The lowest BCUT2D eigenvalue weighted by Crippen LogP contribution is -2.58. The van der Waals surface area contributed by atoms with Crippen LogP contribution in [-0.4, -0.2) is 54.5 Å². The standard InChI is InChI=1S/C28H36N2O4/c1-3-18-34-24-15-14-22(19-25(24)33-2)27-28(32)30(23-12-8-5-9-13-23)20-26(31)29(27)17-16-21-10-6-4-7-11-21/h4,6-7,10-11,14-15,19,23,27H,3,5,8-9,12-13,16-18,20H2,1-2H3/t27-/m0/s1. The van der Waals surface area contributed by atoms with Gasteiger partial charge in [-0.2, -0.15) is 0 Å². The zero-order valence-corrected chi connectivity index (χ0v) is 20.4. The van der Waals surface area contributed by atoms with E-state index in [1.165, 1.54) is 6.42 Å². The van der Waals surface area contributed by atoms with Crippen LogP contribution in [0.2, 0.25) is 0 Å². The molecule has 1 aliphatic heterocycles. The van der Waals surface area contributed by atoms with E-state index in [-0.39, 0.29) is 24.4 Å². The van der Waals surface area contributed by atoms with E-state index < -0.39 is 6.04 Å². The van der Waals surface area contributed by atoms with Crippen LogP contribution in [0.15, 0.2) is 48.5 Å². The highest BCUT2D eigenvalue weighted by Crippen LogP contribution is 2.36. The Labute approximate surface area is 202 Å². The van der Waals surface area contributed by atoms with Gasteiger partial charge in [0.1, 0.15) is 12.6 Å². The van der Waals surface area contributed by atoms with E-state index in [0.29, 0.717) is 31.1 Å². The number of carbonyl (C=O) groups is 2. The van der Waals surface area contributed by atoms with Gasteiger partial charge in [-0.1, -0.05) is 62.6 Å². The molecule has 0 radical (unpaired) electrons. The Kier molecular flexibility index (Phi) is 8.09. The van der Waals surface area contributed by atoms with Crippen molar-refractivity contribution in [3.8, 4) is 11.5 Å². The molecule has 2 fully saturated rings. The summed E-state index contributed by atoms with van der Waals surface area (Å²) < 4.78 is 11.4. The van der Waals surface area contributed by atoms with Crippen molar-refractivity contribution in [2.24, 2.45) is 0 Å². The zero-order valence-electron chi connectivity index (χ0n) is 20.4. The largest absolute Gasteiger partial charge is 0.493 e. The van der Waals surface area contributed by atoms with Gasteiger partial charge >= 0.3 is 0 Å². The molecule has 182 valence electrons. The molecule has 2 aliphatic rings. The van der Waals surface area contributed by atoms with Crippen LogP contribution >= 0.6 is 0 Å². The van der Waals surface area contributed by atoms with Gasteiger partial charge in [0, 0.05) is 12.6 Å². The second-order valence-electron chi connectivity index (χ2n) is 9.24. The van der Waals surface area contributed by atoms with Crippen molar-refractivity contribution in [2.75, 3.05) is 26.8 Å². The molecule has 0 spiro atoms. The summed E-state index contributed by atoms with van der Waals surface area (Å²) in [5.74, 6) is 1.27. The number of benzene rings is 2. The summed E-state index contributed by atoms with van der Waals surface area (Å²) in [5, 5.41) is 0. The smallest absolute Gasteiger partial charge is 0.250 e. The first-order chi connectivity index (χ1) is 16.6. The van der Waals surface area contributed by atoms with Gasteiger partial charge in [-0.3, -0.25) is 9.59 Å². The minimum absolute atomic E-state index is 0.0105. The molecular formula is C28H36N2O4. The average molecular weight is 465 g/mol. The lowest BCUT2D eigenvalue weighted by Gasteiger charge is -2.44. The topological polar surface area (TPSA) is 59.1 Å². The molecule has 6 heteroatoms. The van der Waals surface area contributed by atoms with Crippen molar-refractivity contribution in [1.29, 1.82) is 0 Å². The average Bonchev–Trinajstić information content (AvgIpc) is 2.88. The van der Waals surface area contributed by atoms with Gasteiger partial charge in [-0.05, 0) is 48.9 Å². The fourth-order valence-corrected chi connectivity index (χ4v) is 5.11. The molecule has 0 aromatic heterocycles. The Morgan fingerprint density at radius 3 is 2.44 bits per heavy atom. The number of hydrogen-bond acceptors (Lipinski definition) is 4. The lowest BCUT2D eigenvalue weighted by atomic mass is 9.91. The second-order valence-corrected chi connectivity index (χ2v) is 9.24. The molecule has 0 N–H and O–H groups in total. The maximum Gasteiger partial charge on any atom is 0.250 e. The minimum atomic E-state index is -0.652. The summed E-state index contributed by atoms with van der Waals surface area (Å²) in [6.07, 6.45) is 6.98. The van der Waals surface area contributed by atoms with Crippen molar-refractivity contribution in [2.45, 2.75) is 64.0 Å². The zero-order chi connectivity index (χ0) is 23.9. The third-order valence-corrected chi connectivity index (χ3v) is 6.92. The van der Waals surface area contributed by atoms with Crippen LogP contribution in [0.3, 0.4) is 0 Å². The fraction of sp³-hybridized carbons (Fsp3) is 0.500. The quantitative estimate of drug-likeness (QED) is 0.536. The normalized spacial score (nSPS) is 19.4. The van der Waals surface area contributed by atoms with Crippen LogP contribution < -0.4 is 9.47 Å². The highest BCUT2D eigenvalue weighted by Gasteiger charge is 2.43. The molecule has 2 aromatic carbocycles. The fourth-order valence-electron chi connectivity index (χ4n) is 5.11. The van der Waals surface area contributed by atoms with E-state index in [4.69, 9.17) is 9.47 Å². The summed E-state index contributed by atoms with van der Waals surface area (Å²) in [5.41, 5.74) is 1.92. The van der Waals surface area contributed by atoms with Gasteiger partial charge in [0.2, 0.25) is 5.91 Å². The Bertz CT molecular complexity index is 972. The molecular weight excluding hydrogens is 428 g/mol. The summed E-state index contributed by atoms with van der Waals surface area (Å²) in [6.45, 7) is 3.31. The van der Waals surface area contributed by atoms with Gasteiger partial charge in [-0.25, -0.2) is 0 Å². The predicted molar refractivity (Wildman–Crippen MR) is 132 cm³/mol. The van der Waals surface area contributed by atoms with Gasteiger partial charge < -0.3 is 19.3 Å². The highest BCUT2D eigenvalue weighted by molar-refractivity contribution is 5.96. The first-order valence-electron chi connectivity index (χ1n) is 12.6. The molecule has 1 aliphatic carbocycles. The highest BCUT2D eigenvalue weighted by atomic mass is 16.5. The Morgan fingerprint density at radius 1 is 0.971 bits per heavy atom. The summed E-state index contributed by atoms with van der Waals surface area (Å²) in [6, 6.07) is 15.2. The number of amides is 2. The molecule has 0 unspecified atom stereocenters. The Hall–Kier alpha value is -3.02. The van der Waals surface area contributed by atoms with Gasteiger partial charge in [0.25, 0.3) is 5.91 Å². The number of ether oxygens (including phenoxy) is 2. The van der Waals surface area contributed by atoms with Crippen LogP contribution in [0.4, 0.5) is 0 Å². The van der Waals surface area contributed by atoms with E-state index >= 15 is 0 Å². The van der Waals surface area contributed by atoms with Crippen molar-refractivity contribution in [3.63, 3.8) is 0 Å². The van der Waals surface area contributed by atoms with E-state index in [1.807, 2.05) is 41.3 Å². The lowest BCUT2D eigenvalue weighted by molar-refractivity contribution is -0.159. The first-order valence-corrected chi connectivity index (χ1v) is 12.6. The monoisotopic (exact) mass is 464 g/mol. The Balaban J connectivity index is 1.64. The minimum Gasteiger partial charge on any atom is -0.493 e. The number of hydrogen-bond donors (Lipinski definition) is 0. The second kappa shape index (κ2) is 11.4. The van der Waals surface area contributed by atoms with Crippen LogP contribution in [-0.2, 0) is 16.0 Å². The number of methoxy groups -OCH3 is 1. The van der Waals surface area contributed by atoms with Crippen LogP contribution in [0, 0.1) is 0 Å². The summed E-state index contributed by atoms with van der Waals surface area (Å²) in [4.78, 5) is 31.0. The van der Waals surface area contributed by atoms with Crippen molar-refractivity contribution in [3.05, 3.63) is 59.7 Å².